The molecule has 5 rings (SSSR count). The van der Waals surface area contributed by atoms with Gasteiger partial charge in [-0.1, -0.05) is 23.7 Å². The number of pyridine rings is 1. The molecule has 1 aromatic heterocycles. The third kappa shape index (κ3) is 5.86. The van der Waals surface area contributed by atoms with Crippen molar-refractivity contribution < 1.29 is 29.2 Å². The Morgan fingerprint density at radius 3 is 2.74 bits per heavy atom. The lowest BCUT2D eigenvalue weighted by Gasteiger charge is -2.34. The Kier molecular flexibility index (Phi) is 7.99. The van der Waals surface area contributed by atoms with Gasteiger partial charge < -0.3 is 34.6 Å². The molecule has 2 aromatic carbocycles. The highest BCUT2D eigenvalue weighted by atomic mass is 35.5. The number of carboxylic acid groups (broad SMARTS) is 1. The highest BCUT2D eigenvalue weighted by Gasteiger charge is 2.24. The number of aromatic nitrogens is 1. The minimum atomic E-state index is -1.03. The minimum absolute atomic E-state index is 0.220. The van der Waals surface area contributed by atoms with E-state index >= 15 is 0 Å². The van der Waals surface area contributed by atoms with E-state index in [0.29, 0.717) is 52.4 Å². The normalized spacial score (nSPS) is 16.8. The summed E-state index contributed by atoms with van der Waals surface area (Å²) in [6.45, 7) is 3.03. The Hall–Kier alpha value is -3.37. The number of piperidine rings is 1. The van der Waals surface area contributed by atoms with E-state index in [9.17, 15) is 9.90 Å². The molecule has 1 atom stereocenters. The van der Waals surface area contributed by atoms with Crippen LogP contribution in [-0.4, -0.2) is 65.6 Å². The largest absolute Gasteiger partial charge is 0.481 e. The van der Waals surface area contributed by atoms with Crippen LogP contribution in [0.25, 0.3) is 17.0 Å². The summed E-state index contributed by atoms with van der Waals surface area (Å²) < 4.78 is 16.1. The van der Waals surface area contributed by atoms with Crippen molar-refractivity contribution in [3.05, 3.63) is 64.2 Å². The Labute approximate surface area is 225 Å². The van der Waals surface area contributed by atoms with Crippen molar-refractivity contribution in [3.8, 4) is 17.4 Å². The standard InChI is InChI=1S/C28H30ClN3O6/c1-36-26-6-5-20-17(3-7-27(34)35)2-4-21(28(20)31-26)23(33)15-32-10-8-19(9-11-32)30-14-18-12-24-25(13-22(18)29)38-16-37-24/h2-7,12-13,19,23,30,33H,8-11,14-16H2,1H3,(H,34,35)/b7-3+. The number of carboxylic acids is 1. The maximum Gasteiger partial charge on any atom is 0.328 e. The summed E-state index contributed by atoms with van der Waals surface area (Å²) >= 11 is 6.41. The maximum absolute atomic E-state index is 11.2. The fraction of sp³-hybridized carbons (Fsp3) is 0.357. The first-order chi connectivity index (χ1) is 18.4. The molecule has 0 bridgehead atoms. The fourth-order valence-electron chi connectivity index (χ4n) is 4.94. The summed E-state index contributed by atoms with van der Waals surface area (Å²) in [4.78, 5) is 17.8. The van der Waals surface area contributed by atoms with E-state index in [2.05, 4.69) is 15.2 Å². The molecule has 10 heteroatoms. The second kappa shape index (κ2) is 11.6. The monoisotopic (exact) mass is 539 g/mol. The lowest BCUT2D eigenvalue weighted by Crippen LogP contribution is -2.43. The van der Waals surface area contributed by atoms with E-state index in [1.54, 1.807) is 12.1 Å². The van der Waals surface area contributed by atoms with E-state index in [1.165, 1.54) is 13.2 Å². The summed E-state index contributed by atoms with van der Waals surface area (Å²) in [5, 5.41) is 25.2. The molecule has 0 saturated carbocycles. The molecule has 1 unspecified atom stereocenters. The molecular weight excluding hydrogens is 510 g/mol. The van der Waals surface area contributed by atoms with Crippen LogP contribution in [0.15, 0.2) is 42.5 Å². The zero-order valence-electron chi connectivity index (χ0n) is 21.0. The van der Waals surface area contributed by atoms with Gasteiger partial charge in [-0.3, -0.25) is 0 Å². The summed E-state index contributed by atoms with van der Waals surface area (Å²) in [5.74, 6) is 0.805. The molecular formula is C28H30ClN3O6. The van der Waals surface area contributed by atoms with Crippen molar-refractivity contribution >= 4 is 34.5 Å². The molecule has 1 fully saturated rings. The molecule has 3 heterocycles. The number of carbonyl (C=O) groups is 1. The molecule has 0 aliphatic carbocycles. The number of halogens is 1. The number of aliphatic carboxylic acids is 1. The Bertz CT molecular complexity index is 1360. The molecule has 0 radical (unpaired) electrons. The highest BCUT2D eigenvalue weighted by molar-refractivity contribution is 6.31. The number of hydrogen-bond donors (Lipinski definition) is 3. The molecule has 0 spiro atoms. The van der Waals surface area contributed by atoms with Crippen LogP contribution in [0, 0.1) is 0 Å². The second-order valence-electron chi connectivity index (χ2n) is 9.43. The van der Waals surface area contributed by atoms with Gasteiger partial charge in [-0.05, 0) is 55.3 Å². The first-order valence-electron chi connectivity index (χ1n) is 12.5. The number of aliphatic hydroxyl groups is 1. The van der Waals surface area contributed by atoms with E-state index in [1.807, 2.05) is 24.3 Å². The van der Waals surface area contributed by atoms with E-state index < -0.39 is 12.1 Å². The van der Waals surface area contributed by atoms with Crippen LogP contribution < -0.4 is 19.5 Å². The summed E-state index contributed by atoms with van der Waals surface area (Å²) in [7, 11) is 1.54. The van der Waals surface area contributed by atoms with Gasteiger partial charge in [-0.25, -0.2) is 9.78 Å². The molecule has 3 aromatic rings. The topological polar surface area (TPSA) is 113 Å². The van der Waals surface area contributed by atoms with Crippen molar-refractivity contribution in [1.29, 1.82) is 0 Å². The number of hydrogen-bond acceptors (Lipinski definition) is 8. The van der Waals surface area contributed by atoms with Crippen LogP contribution in [0.4, 0.5) is 0 Å². The van der Waals surface area contributed by atoms with Crippen molar-refractivity contribution in [2.45, 2.75) is 31.5 Å². The van der Waals surface area contributed by atoms with Crippen LogP contribution in [-0.2, 0) is 11.3 Å². The van der Waals surface area contributed by atoms with E-state index in [0.717, 1.165) is 48.7 Å². The number of ether oxygens (including phenoxy) is 3. The molecule has 0 amide bonds. The van der Waals surface area contributed by atoms with Crippen molar-refractivity contribution in [3.63, 3.8) is 0 Å². The van der Waals surface area contributed by atoms with Crippen LogP contribution >= 0.6 is 11.6 Å². The highest BCUT2D eigenvalue weighted by Crippen LogP contribution is 2.37. The number of aliphatic hydroxyl groups excluding tert-OH is 1. The molecule has 38 heavy (non-hydrogen) atoms. The molecule has 200 valence electrons. The number of β-amino-alcohol motifs (C(OH)–C–C–N with tert-alkyl or cyclic N) is 1. The summed E-state index contributed by atoms with van der Waals surface area (Å²) in [6.07, 6.45) is 3.75. The number of benzene rings is 2. The zero-order valence-corrected chi connectivity index (χ0v) is 21.8. The van der Waals surface area contributed by atoms with Crippen LogP contribution in [0.1, 0.15) is 35.6 Å². The number of nitrogens with zero attached hydrogens (tertiary/aromatic N) is 2. The Balaban J connectivity index is 1.21. The van der Waals surface area contributed by atoms with E-state index in [-0.39, 0.29) is 6.79 Å². The molecule has 3 N–H and O–H groups in total. The van der Waals surface area contributed by atoms with E-state index in [4.69, 9.17) is 30.9 Å². The van der Waals surface area contributed by atoms with Gasteiger partial charge in [0.15, 0.2) is 11.5 Å². The van der Waals surface area contributed by atoms with Crippen molar-refractivity contribution in [1.82, 2.24) is 15.2 Å². The van der Waals surface area contributed by atoms with Gasteiger partial charge in [0.05, 0.1) is 18.7 Å². The van der Waals surface area contributed by atoms with Crippen LogP contribution in [0.2, 0.25) is 5.02 Å². The number of nitrogens with one attached hydrogen (secondary N) is 1. The minimum Gasteiger partial charge on any atom is -0.481 e. The first kappa shape index (κ1) is 26.2. The lowest BCUT2D eigenvalue weighted by atomic mass is 9.98. The SMILES string of the molecule is COc1ccc2c(/C=C/C(=O)O)ccc(C(O)CN3CCC(NCc4cc5c(cc4Cl)OCO5)CC3)c2n1. The zero-order chi connectivity index (χ0) is 26.6. The predicted molar refractivity (Wildman–Crippen MR) is 144 cm³/mol. The van der Waals surface area contributed by atoms with Gasteiger partial charge in [0.2, 0.25) is 12.7 Å². The fourth-order valence-corrected chi connectivity index (χ4v) is 5.16. The van der Waals surface area contributed by atoms with Crippen LogP contribution in [0.5, 0.6) is 17.4 Å². The quantitative estimate of drug-likeness (QED) is 0.347. The van der Waals surface area contributed by atoms with Gasteiger partial charge in [-0.2, -0.15) is 0 Å². The molecule has 2 aliphatic heterocycles. The lowest BCUT2D eigenvalue weighted by molar-refractivity contribution is -0.131. The number of likely N-dealkylation sites (tertiary alicyclic amines) is 1. The predicted octanol–water partition coefficient (Wildman–Crippen LogP) is 4.01. The number of methoxy groups -OCH3 is 1. The molecule has 2 aliphatic rings. The summed E-state index contributed by atoms with van der Waals surface area (Å²) in [6, 6.07) is 11.3. The van der Waals surface area contributed by atoms with Crippen molar-refractivity contribution in [2.75, 3.05) is 33.5 Å². The van der Waals surface area contributed by atoms with Gasteiger partial charge in [0, 0.05) is 53.3 Å². The molecule has 9 nitrogen and oxygen atoms in total. The average Bonchev–Trinajstić information content (AvgIpc) is 3.37. The first-order valence-corrected chi connectivity index (χ1v) is 12.9. The van der Waals surface area contributed by atoms with Gasteiger partial charge in [0.25, 0.3) is 0 Å². The summed E-state index contributed by atoms with van der Waals surface area (Å²) in [5.41, 5.74) is 2.97. The number of rotatable bonds is 9. The van der Waals surface area contributed by atoms with Crippen molar-refractivity contribution in [2.24, 2.45) is 0 Å². The molecule has 1 saturated heterocycles. The average molecular weight is 540 g/mol. The maximum atomic E-state index is 11.2. The van der Waals surface area contributed by atoms with Gasteiger partial charge in [0.1, 0.15) is 0 Å². The third-order valence-electron chi connectivity index (χ3n) is 7.01. The Morgan fingerprint density at radius 2 is 2.00 bits per heavy atom. The van der Waals surface area contributed by atoms with Crippen LogP contribution in [0.3, 0.4) is 0 Å². The second-order valence-corrected chi connectivity index (χ2v) is 9.84. The third-order valence-corrected chi connectivity index (χ3v) is 7.36. The smallest absolute Gasteiger partial charge is 0.328 e. The number of fused-ring (bicyclic) bond motifs is 2. The Morgan fingerprint density at radius 1 is 1.24 bits per heavy atom. The van der Waals surface area contributed by atoms with Gasteiger partial charge >= 0.3 is 5.97 Å². The van der Waals surface area contributed by atoms with Gasteiger partial charge in [-0.15, -0.1) is 0 Å².